The lowest BCUT2D eigenvalue weighted by molar-refractivity contribution is 0.0789. The molecule has 1 aliphatic heterocycles. The fraction of sp³-hybridized carbons (Fsp3) is 0.407. The third kappa shape index (κ3) is 5.78. The van der Waals surface area contributed by atoms with Crippen LogP contribution in [-0.2, 0) is 11.3 Å². The van der Waals surface area contributed by atoms with Crippen molar-refractivity contribution in [2.45, 2.75) is 59.2 Å². The van der Waals surface area contributed by atoms with E-state index in [1.807, 2.05) is 91.9 Å². The molecule has 0 saturated carbocycles. The standard InChI is InChI=1S/C27H34N4O3/c1-19(2)28-27(32)30(17-24-14-9-15-33-24)18-25-21(4)29-31(22-11-6-5-7-12-22)26(25)34-23-13-8-10-20(3)16-23/h5-8,10-13,16,19,24H,9,14-15,17-18H2,1-4H3,(H,28,32)/t24-/m1/s1. The number of hydrogen-bond donors (Lipinski definition) is 1. The molecule has 1 N–H and O–H groups in total. The third-order valence-corrected chi connectivity index (χ3v) is 5.84. The summed E-state index contributed by atoms with van der Waals surface area (Å²) in [5.74, 6) is 1.35. The summed E-state index contributed by atoms with van der Waals surface area (Å²) < 4.78 is 14.1. The first-order valence-corrected chi connectivity index (χ1v) is 12.0. The number of nitrogens with one attached hydrogen (secondary N) is 1. The number of nitrogens with zero attached hydrogens (tertiary/aromatic N) is 3. The van der Waals surface area contributed by atoms with Crippen molar-refractivity contribution in [3.8, 4) is 17.3 Å². The molecular weight excluding hydrogens is 428 g/mol. The summed E-state index contributed by atoms with van der Waals surface area (Å²) in [7, 11) is 0. The SMILES string of the molecule is Cc1cccc(Oc2c(CN(C[C@H]3CCCO3)C(=O)NC(C)C)c(C)nn2-c2ccccc2)c1. The van der Waals surface area contributed by atoms with E-state index in [1.54, 1.807) is 0 Å². The highest BCUT2D eigenvalue weighted by Gasteiger charge is 2.27. The molecule has 1 fully saturated rings. The van der Waals surface area contributed by atoms with Gasteiger partial charge in [-0.05, 0) is 70.4 Å². The van der Waals surface area contributed by atoms with Gasteiger partial charge in [0.1, 0.15) is 5.75 Å². The molecule has 180 valence electrons. The molecule has 0 unspecified atom stereocenters. The summed E-state index contributed by atoms with van der Waals surface area (Å²) in [6.45, 7) is 9.57. The molecule has 0 bridgehead atoms. The van der Waals surface area contributed by atoms with Crippen LogP contribution < -0.4 is 10.1 Å². The Bertz CT molecular complexity index is 1100. The van der Waals surface area contributed by atoms with Gasteiger partial charge in [-0.1, -0.05) is 30.3 Å². The minimum Gasteiger partial charge on any atom is -0.439 e. The van der Waals surface area contributed by atoms with E-state index in [9.17, 15) is 4.79 Å². The zero-order valence-electron chi connectivity index (χ0n) is 20.5. The molecule has 34 heavy (non-hydrogen) atoms. The van der Waals surface area contributed by atoms with E-state index >= 15 is 0 Å². The average Bonchev–Trinajstić information content (AvgIpc) is 3.42. The molecule has 1 aliphatic rings. The molecule has 1 atom stereocenters. The van der Waals surface area contributed by atoms with Gasteiger partial charge in [0, 0.05) is 19.2 Å². The minimum absolute atomic E-state index is 0.0376. The van der Waals surface area contributed by atoms with Gasteiger partial charge in [-0.3, -0.25) is 0 Å². The predicted molar refractivity (Wildman–Crippen MR) is 133 cm³/mol. The minimum atomic E-state index is -0.112. The molecular formula is C27H34N4O3. The maximum absolute atomic E-state index is 13.1. The van der Waals surface area contributed by atoms with Crippen LogP contribution in [-0.4, -0.2) is 46.0 Å². The molecule has 1 aromatic heterocycles. The summed E-state index contributed by atoms with van der Waals surface area (Å²) in [5, 5.41) is 7.84. The highest BCUT2D eigenvalue weighted by atomic mass is 16.5. The van der Waals surface area contributed by atoms with Crippen LogP contribution in [0.25, 0.3) is 5.69 Å². The number of amides is 2. The Labute approximate surface area is 201 Å². The Balaban J connectivity index is 1.72. The monoisotopic (exact) mass is 462 g/mol. The topological polar surface area (TPSA) is 68.6 Å². The highest BCUT2D eigenvalue weighted by molar-refractivity contribution is 5.74. The Hall–Kier alpha value is -3.32. The summed E-state index contributed by atoms with van der Waals surface area (Å²) in [5.41, 5.74) is 3.71. The second-order valence-corrected chi connectivity index (χ2v) is 9.15. The van der Waals surface area contributed by atoms with E-state index < -0.39 is 0 Å². The lowest BCUT2D eigenvalue weighted by atomic mass is 10.2. The number of rotatable bonds is 8. The molecule has 2 heterocycles. The van der Waals surface area contributed by atoms with Gasteiger partial charge < -0.3 is 19.7 Å². The van der Waals surface area contributed by atoms with Crippen LogP contribution >= 0.6 is 0 Å². The molecule has 0 spiro atoms. The van der Waals surface area contributed by atoms with Crippen molar-refractivity contribution >= 4 is 6.03 Å². The summed E-state index contributed by atoms with van der Waals surface area (Å²) in [4.78, 5) is 15.0. The van der Waals surface area contributed by atoms with Crippen LogP contribution in [0.15, 0.2) is 54.6 Å². The van der Waals surface area contributed by atoms with E-state index in [1.165, 1.54) is 0 Å². The van der Waals surface area contributed by atoms with Gasteiger partial charge in [0.2, 0.25) is 5.88 Å². The van der Waals surface area contributed by atoms with Crippen molar-refractivity contribution in [1.82, 2.24) is 20.0 Å². The largest absolute Gasteiger partial charge is 0.439 e. The number of ether oxygens (including phenoxy) is 2. The molecule has 7 nitrogen and oxygen atoms in total. The van der Waals surface area contributed by atoms with Crippen LogP contribution in [0.2, 0.25) is 0 Å². The highest BCUT2D eigenvalue weighted by Crippen LogP contribution is 2.32. The lowest BCUT2D eigenvalue weighted by Gasteiger charge is -2.27. The third-order valence-electron chi connectivity index (χ3n) is 5.84. The Morgan fingerprint density at radius 1 is 1.21 bits per heavy atom. The van der Waals surface area contributed by atoms with Crippen LogP contribution in [0, 0.1) is 13.8 Å². The zero-order valence-corrected chi connectivity index (χ0v) is 20.5. The van der Waals surface area contributed by atoms with Gasteiger partial charge in [-0.25, -0.2) is 9.48 Å². The predicted octanol–water partition coefficient (Wildman–Crippen LogP) is 5.38. The van der Waals surface area contributed by atoms with Crippen molar-refractivity contribution in [1.29, 1.82) is 0 Å². The number of carbonyl (C=O) groups excluding carboxylic acids is 1. The quantitative estimate of drug-likeness (QED) is 0.488. The number of hydrogen-bond acceptors (Lipinski definition) is 4. The van der Waals surface area contributed by atoms with Crippen LogP contribution in [0.5, 0.6) is 11.6 Å². The molecule has 1 saturated heterocycles. The van der Waals surface area contributed by atoms with Crippen LogP contribution in [0.4, 0.5) is 4.79 Å². The number of aryl methyl sites for hydroxylation is 2. The van der Waals surface area contributed by atoms with Crippen molar-refractivity contribution in [2.75, 3.05) is 13.2 Å². The van der Waals surface area contributed by atoms with E-state index in [2.05, 4.69) is 5.32 Å². The first-order valence-electron chi connectivity index (χ1n) is 12.0. The van der Waals surface area contributed by atoms with Crippen molar-refractivity contribution in [3.05, 3.63) is 71.4 Å². The van der Waals surface area contributed by atoms with E-state index in [0.717, 1.165) is 47.7 Å². The lowest BCUT2D eigenvalue weighted by Crippen LogP contribution is -2.45. The van der Waals surface area contributed by atoms with E-state index in [-0.39, 0.29) is 18.2 Å². The molecule has 7 heteroatoms. The average molecular weight is 463 g/mol. The number of para-hydroxylation sites is 1. The zero-order chi connectivity index (χ0) is 24.1. The van der Waals surface area contributed by atoms with Crippen LogP contribution in [0.1, 0.15) is 43.5 Å². The van der Waals surface area contributed by atoms with Gasteiger partial charge in [-0.15, -0.1) is 0 Å². The smallest absolute Gasteiger partial charge is 0.317 e. The summed E-state index contributed by atoms with van der Waals surface area (Å²) >= 11 is 0. The fourth-order valence-corrected chi connectivity index (χ4v) is 4.14. The summed E-state index contributed by atoms with van der Waals surface area (Å²) in [6.07, 6.45) is 2.03. The first kappa shape index (κ1) is 23.8. The maximum atomic E-state index is 13.1. The van der Waals surface area contributed by atoms with Crippen molar-refractivity contribution in [3.63, 3.8) is 0 Å². The molecule has 2 amide bonds. The number of carbonyl (C=O) groups is 1. The summed E-state index contributed by atoms with van der Waals surface area (Å²) in [6, 6.07) is 17.8. The van der Waals surface area contributed by atoms with Gasteiger partial charge >= 0.3 is 6.03 Å². The van der Waals surface area contributed by atoms with E-state index in [0.29, 0.717) is 19.0 Å². The Morgan fingerprint density at radius 3 is 2.68 bits per heavy atom. The Kier molecular flexibility index (Phi) is 7.53. The van der Waals surface area contributed by atoms with E-state index in [4.69, 9.17) is 14.6 Å². The number of benzene rings is 2. The second kappa shape index (κ2) is 10.7. The fourth-order valence-electron chi connectivity index (χ4n) is 4.14. The van der Waals surface area contributed by atoms with Gasteiger partial charge in [0.25, 0.3) is 0 Å². The van der Waals surface area contributed by atoms with Gasteiger partial charge in [0.15, 0.2) is 0 Å². The molecule has 3 aromatic rings. The molecule has 2 aromatic carbocycles. The van der Waals surface area contributed by atoms with Crippen molar-refractivity contribution in [2.24, 2.45) is 0 Å². The Morgan fingerprint density at radius 2 is 2.00 bits per heavy atom. The molecule has 4 rings (SSSR count). The first-order chi connectivity index (χ1) is 16.4. The van der Waals surface area contributed by atoms with Crippen molar-refractivity contribution < 1.29 is 14.3 Å². The second-order valence-electron chi connectivity index (χ2n) is 9.15. The molecule has 0 radical (unpaired) electrons. The normalized spacial score (nSPS) is 15.5. The maximum Gasteiger partial charge on any atom is 0.317 e. The van der Waals surface area contributed by atoms with Crippen LogP contribution in [0.3, 0.4) is 0 Å². The molecule has 0 aliphatic carbocycles. The van der Waals surface area contributed by atoms with Gasteiger partial charge in [0.05, 0.1) is 29.6 Å². The number of aromatic nitrogens is 2. The number of urea groups is 1. The van der Waals surface area contributed by atoms with Gasteiger partial charge in [-0.2, -0.15) is 5.10 Å².